The van der Waals surface area contributed by atoms with E-state index in [-0.39, 0.29) is 5.41 Å². The van der Waals surface area contributed by atoms with Gasteiger partial charge in [-0.1, -0.05) is 57.5 Å². The molecule has 2 aromatic rings. The first-order valence-electron chi connectivity index (χ1n) is 9.78. The molecule has 2 aliphatic rings. The maximum atomic E-state index is 6.58. The molecule has 2 nitrogen and oxygen atoms in total. The summed E-state index contributed by atoms with van der Waals surface area (Å²) in [6.07, 6.45) is 4.42. The smallest absolute Gasteiger partial charge is 0.211 e. The van der Waals surface area contributed by atoms with Crippen molar-refractivity contribution in [3.05, 3.63) is 65.2 Å². The van der Waals surface area contributed by atoms with Gasteiger partial charge in [-0.15, -0.1) is 0 Å². The second kappa shape index (κ2) is 7.57. The average molecular weight is 352 g/mol. The van der Waals surface area contributed by atoms with Crippen LogP contribution in [0.25, 0.3) is 6.08 Å². The Hall–Kier alpha value is -2.22. The molecule has 0 saturated heterocycles. The highest BCUT2D eigenvalue weighted by Gasteiger charge is 2.57. The van der Waals surface area contributed by atoms with Crippen LogP contribution in [0.2, 0.25) is 0 Å². The molecule has 0 amide bonds. The fraction of sp³-hybridized carbons (Fsp3) is 0.417. The summed E-state index contributed by atoms with van der Waals surface area (Å²) in [6, 6.07) is 15.0. The van der Waals surface area contributed by atoms with Crippen LogP contribution in [-0.2, 0) is 5.41 Å². The van der Waals surface area contributed by atoms with E-state index < -0.39 is 5.72 Å². The highest BCUT2D eigenvalue weighted by molar-refractivity contribution is 5.72. The van der Waals surface area contributed by atoms with Crippen molar-refractivity contribution in [2.75, 3.05) is 11.9 Å². The quantitative estimate of drug-likeness (QED) is 0.532. The van der Waals surface area contributed by atoms with Crippen LogP contribution in [0.1, 0.15) is 58.2 Å². The SMILES string of the molecule is CC.CC.Cc1ccc2c(c1)C=CC1(O2)N(C)c2ccccc2C1(C)C. The maximum absolute atomic E-state index is 6.58. The van der Waals surface area contributed by atoms with Gasteiger partial charge < -0.3 is 9.64 Å². The van der Waals surface area contributed by atoms with Gasteiger partial charge in [-0.25, -0.2) is 0 Å². The van der Waals surface area contributed by atoms with Crippen molar-refractivity contribution in [3.8, 4) is 5.75 Å². The van der Waals surface area contributed by atoms with Gasteiger partial charge in [0.2, 0.25) is 5.72 Å². The molecule has 0 fully saturated rings. The van der Waals surface area contributed by atoms with Crippen LogP contribution in [-0.4, -0.2) is 12.8 Å². The molecule has 0 N–H and O–H groups in total. The zero-order valence-corrected chi connectivity index (χ0v) is 17.6. The maximum Gasteiger partial charge on any atom is 0.211 e. The van der Waals surface area contributed by atoms with Gasteiger partial charge in [0.25, 0.3) is 0 Å². The van der Waals surface area contributed by atoms with Crippen LogP contribution in [0.15, 0.2) is 48.5 Å². The molecule has 0 bridgehead atoms. The number of rotatable bonds is 0. The van der Waals surface area contributed by atoms with Gasteiger partial charge >= 0.3 is 0 Å². The number of hydrogen-bond acceptors (Lipinski definition) is 2. The number of likely N-dealkylation sites (N-methyl/N-ethyl adjacent to an activating group) is 1. The van der Waals surface area contributed by atoms with E-state index in [0.29, 0.717) is 0 Å². The minimum atomic E-state index is -0.473. The predicted octanol–water partition coefficient (Wildman–Crippen LogP) is 6.58. The monoisotopic (exact) mass is 351 g/mol. The Kier molecular flexibility index (Phi) is 5.85. The van der Waals surface area contributed by atoms with Crippen LogP contribution < -0.4 is 9.64 Å². The van der Waals surface area contributed by atoms with E-state index in [1.54, 1.807) is 0 Å². The molecule has 0 aliphatic carbocycles. The Bertz CT molecular complexity index is 791. The highest BCUT2D eigenvalue weighted by atomic mass is 16.5. The zero-order valence-electron chi connectivity index (χ0n) is 17.6. The van der Waals surface area contributed by atoms with E-state index in [0.717, 1.165) is 11.3 Å². The topological polar surface area (TPSA) is 12.5 Å². The molecule has 1 unspecified atom stereocenters. The Morgan fingerprint density at radius 1 is 0.923 bits per heavy atom. The molecular weight excluding hydrogens is 318 g/mol. The molecule has 2 aromatic carbocycles. The summed E-state index contributed by atoms with van der Waals surface area (Å²) in [5.74, 6) is 0.959. The van der Waals surface area contributed by atoms with Gasteiger partial charge in [-0.3, -0.25) is 0 Å². The van der Waals surface area contributed by atoms with Crippen molar-refractivity contribution in [1.29, 1.82) is 0 Å². The molecule has 0 saturated carbocycles. The van der Waals surface area contributed by atoms with Crippen LogP contribution in [0, 0.1) is 6.92 Å². The lowest BCUT2D eigenvalue weighted by Gasteiger charge is -2.45. The van der Waals surface area contributed by atoms with Crippen molar-refractivity contribution in [3.63, 3.8) is 0 Å². The molecule has 4 rings (SSSR count). The van der Waals surface area contributed by atoms with Gasteiger partial charge in [0.05, 0.1) is 5.41 Å². The molecule has 2 aliphatic heterocycles. The number of nitrogens with zero attached hydrogens (tertiary/aromatic N) is 1. The number of anilines is 1. The van der Waals surface area contributed by atoms with Gasteiger partial charge in [-0.05, 0) is 56.7 Å². The van der Waals surface area contributed by atoms with Crippen molar-refractivity contribution >= 4 is 11.8 Å². The number of aryl methyl sites for hydroxylation is 1. The van der Waals surface area contributed by atoms with Crippen LogP contribution in [0.3, 0.4) is 0 Å². The van der Waals surface area contributed by atoms with E-state index in [4.69, 9.17) is 4.74 Å². The van der Waals surface area contributed by atoms with Crippen molar-refractivity contribution in [2.45, 2.75) is 59.6 Å². The summed E-state index contributed by atoms with van der Waals surface area (Å²) in [5.41, 5.74) is 4.39. The van der Waals surface area contributed by atoms with E-state index in [2.05, 4.69) is 87.3 Å². The van der Waals surface area contributed by atoms with Crippen LogP contribution in [0.5, 0.6) is 5.75 Å². The summed E-state index contributed by atoms with van der Waals surface area (Å²) >= 11 is 0. The molecule has 0 aromatic heterocycles. The third kappa shape index (κ3) is 2.82. The van der Waals surface area contributed by atoms with Crippen molar-refractivity contribution < 1.29 is 4.74 Å². The lowest BCUT2D eigenvalue weighted by Crippen LogP contribution is -2.58. The second-order valence-corrected chi connectivity index (χ2v) is 6.87. The average Bonchev–Trinajstić information content (AvgIpc) is 2.84. The lowest BCUT2D eigenvalue weighted by molar-refractivity contribution is 0.0581. The molecule has 2 heteroatoms. The summed E-state index contributed by atoms with van der Waals surface area (Å²) in [6.45, 7) is 14.6. The van der Waals surface area contributed by atoms with Crippen molar-refractivity contribution in [1.82, 2.24) is 0 Å². The summed E-state index contributed by atoms with van der Waals surface area (Å²) in [4.78, 5) is 2.27. The predicted molar refractivity (Wildman–Crippen MR) is 114 cm³/mol. The summed E-state index contributed by atoms with van der Waals surface area (Å²) in [5, 5.41) is 0. The molecule has 2 heterocycles. The second-order valence-electron chi connectivity index (χ2n) is 6.87. The van der Waals surface area contributed by atoms with Gasteiger partial charge in [-0.2, -0.15) is 0 Å². The van der Waals surface area contributed by atoms with E-state index >= 15 is 0 Å². The lowest BCUT2D eigenvalue weighted by atomic mass is 9.76. The Morgan fingerprint density at radius 3 is 2.23 bits per heavy atom. The largest absolute Gasteiger partial charge is 0.463 e. The number of ether oxygens (including phenoxy) is 1. The minimum absolute atomic E-state index is 0.128. The van der Waals surface area contributed by atoms with E-state index in [9.17, 15) is 0 Å². The number of hydrogen-bond donors (Lipinski definition) is 0. The molecule has 0 radical (unpaired) electrons. The standard InChI is InChI=1S/C20H21NO.2C2H6/c1-14-9-10-18-15(13-14)11-12-20(22-18)19(2,3)16-7-5-6-8-17(16)21(20)4;2*1-2/h5-13H,1-4H3;2*1-2H3. The highest BCUT2D eigenvalue weighted by Crippen LogP contribution is 2.54. The molecular formula is C24H33NO. The first kappa shape index (κ1) is 20.1. The van der Waals surface area contributed by atoms with Gasteiger partial charge in [0.15, 0.2) is 0 Å². The fourth-order valence-electron chi connectivity index (χ4n) is 3.90. The fourth-order valence-corrected chi connectivity index (χ4v) is 3.90. The third-order valence-corrected chi connectivity index (χ3v) is 5.25. The van der Waals surface area contributed by atoms with Crippen LogP contribution >= 0.6 is 0 Å². The van der Waals surface area contributed by atoms with Crippen LogP contribution in [0.4, 0.5) is 5.69 Å². The Morgan fingerprint density at radius 2 is 1.58 bits per heavy atom. The third-order valence-electron chi connectivity index (χ3n) is 5.25. The van der Waals surface area contributed by atoms with E-state index in [1.165, 1.54) is 16.8 Å². The molecule has 26 heavy (non-hydrogen) atoms. The Labute approximate surface area is 159 Å². The zero-order chi connectivity index (χ0) is 19.5. The van der Waals surface area contributed by atoms with Gasteiger partial charge in [0, 0.05) is 18.3 Å². The normalized spacial score (nSPS) is 20.8. The first-order chi connectivity index (χ1) is 12.5. The Balaban J connectivity index is 0.000000570. The van der Waals surface area contributed by atoms with Crippen molar-refractivity contribution in [2.24, 2.45) is 0 Å². The van der Waals surface area contributed by atoms with E-state index in [1.807, 2.05) is 27.7 Å². The number of benzene rings is 2. The molecule has 1 atom stereocenters. The molecule has 1 spiro atoms. The number of fused-ring (bicyclic) bond motifs is 2. The summed E-state index contributed by atoms with van der Waals surface area (Å²) in [7, 11) is 2.12. The number of para-hydroxylation sites is 1. The molecule has 140 valence electrons. The first-order valence-corrected chi connectivity index (χ1v) is 9.78. The van der Waals surface area contributed by atoms with Gasteiger partial charge in [0.1, 0.15) is 5.75 Å². The summed E-state index contributed by atoms with van der Waals surface area (Å²) < 4.78 is 6.58. The minimum Gasteiger partial charge on any atom is -0.463 e.